The number of furan rings is 1. The van der Waals surface area contributed by atoms with Crippen LogP contribution in [0.4, 0.5) is 0 Å². The van der Waals surface area contributed by atoms with Crippen molar-refractivity contribution in [3.05, 3.63) is 76.4 Å². The number of carbonyl (C=O) groups is 1. The summed E-state index contributed by atoms with van der Waals surface area (Å²) in [7, 11) is 0.321. The Balaban J connectivity index is 1.72. The molecule has 0 spiro atoms. The minimum atomic E-state index is -3.57. The number of thiophene rings is 1. The number of amides is 1. The van der Waals surface area contributed by atoms with Gasteiger partial charge in [-0.05, 0) is 54.7 Å². The van der Waals surface area contributed by atoms with Gasteiger partial charge < -0.3 is 14.6 Å². The number of likely N-dealkylation sites (N-methyl/N-ethyl adjacent to an activating group) is 1. The van der Waals surface area contributed by atoms with Crippen LogP contribution in [0.5, 0.6) is 0 Å². The highest BCUT2D eigenvalue weighted by Gasteiger charge is 2.23. The zero-order chi connectivity index (χ0) is 20.1. The maximum Gasteiger partial charge on any atom is 0.287 e. The molecule has 28 heavy (non-hydrogen) atoms. The van der Waals surface area contributed by atoms with Crippen molar-refractivity contribution in [2.45, 2.75) is 16.7 Å². The molecule has 1 aromatic carbocycles. The molecule has 0 aliphatic heterocycles. The maximum atomic E-state index is 12.6. The zero-order valence-electron chi connectivity index (χ0n) is 15.7. The Bertz CT molecular complexity index is 1010. The molecule has 0 saturated heterocycles. The Morgan fingerprint density at radius 3 is 2.57 bits per heavy atom. The van der Waals surface area contributed by atoms with E-state index in [2.05, 4.69) is 5.32 Å². The lowest BCUT2D eigenvalue weighted by Crippen LogP contribution is -2.34. The molecule has 3 aromatic rings. The van der Waals surface area contributed by atoms with Gasteiger partial charge in [0.15, 0.2) is 15.6 Å². The topological polar surface area (TPSA) is 79.6 Å². The summed E-state index contributed by atoms with van der Waals surface area (Å²) in [4.78, 5) is 14.9. The van der Waals surface area contributed by atoms with Crippen molar-refractivity contribution in [1.29, 1.82) is 0 Å². The van der Waals surface area contributed by atoms with Crippen LogP contribution in [-0.2, 0) is 15.6 Å². The van der Waals surface area contributed by atoms with Crippen LogP contribution in [0.1, 0.15) is 27.7 Å². The third-order valence-corrected chi connectivity index (χ3v) is 6.79. The number of hydrogen-bond acceptors (Lipinski definition) is 6. The Hall–Kier alpha value is -2.42. The van der Waals surface area contributed by atoms with Crippen LogP contribution in [0.15, 0.2) is 68.8 Å². The molecule has 0 radical (unpaired) electrons. The molecule has 8 heteroatoms. The van der Waals surface area contributed by atoms with E-state index in [0.717, 1.165) is 5.56 Å². The smallest absolute Gasteiger partial charge is 0.287 e. The van der Waals surface area contributed by atoms with Gasteiger partial charge in [0.2, 0.25) is 0 Å². The van der Waals surface area contributed by atoms with Gasteiger partial charge in [0.25, 0.3) is 5.91 Å². The molecule has 1 amide bonds. The number of nitrogens with zero attached hydrogens (tertiary/aromatic N) is 1. The van der Waals surface area contributed by atoms with Crippen LogP contribution in [0.2, 0.25) is 0 Å². The lowest BCUT2D eigenvalue weighted by atomic mass is 10.1. The molecule has 2 heterocycles. The largest absolute Gasteiger partial charge is 0.459 e. The van der Waals surface area contributed by atoms with Crippen molar-refractivity contribution >= 4 is 27.1 Å². The molecular formula is C20H22N2O4S2. The van der Waals surface area contributed by atoms with Crippen molar-refractivity contribution in [2.24, 2.45) is 0 Å². The van der Waals surface area contributed by atoms with E-state index in [0.29, 0.717) is 12.1 Å². The van der Waals surface area contributed by atoms with Crippen LogP contribution >= 0.6 is 11.3 Å². The molecule has 3 rings (SSSR count). The van der Waals surface area contributed by atoms with Gasteiger partial charge in [0.1, 0.15) is 0 Å². The Kier molecular flexibility index (Phi) is 6.33. The fraction of sp³-hybridized carbons (Fsp3) is 0.250. The highest BCUT2D eigenvalue weighted by atomic mass is 32.2. The summed E-state index contributed by atoms with van der Waals surface area (Å²) < 4.78 is 30.5. The van der Waals surface area contributed by atoms with Gasteiger partial charge in [0, 0.05) is 12.1 Å². The summed E-state index contributed by atoms with van der Waals surface area (Å²) in [6.07, 6.45) is 1.34. The number of rotatable bonds is 8. The van der Waals surface area contributed by atoms with Crippen LogP contribution in [0.25, 0.3) is 0 Å². The first-order chi connectivity index (χ1) is 13.4. The number of nitrogens with one attached hydrogen (secondary N) is 1. The Morgan fingerprint density at radius 1 is 1.18 bits per heavy atom. The van der Waals surface area contributed by atoms with Crippen molar-refractivity contribution in [2.75, 3.05) is 20.6 Å². The average molecular weight is 419 g/mol. The summed E-state index contributed by atoms with van der Waals surface area (Å²) in [6, 6.07) is 11.7. The summed E-state index contributed by atoms with van der Waals surface area (Å²) in [6.45, 7) is 0.383. The lowest BCUT2D eigenvalue weighted by Gasteiger charge is -2.23. The molecule has 148 valence electrons. The fourth-order valence-corrected chi connectivity index (χ4v) is 4.98. The third kappa shape index (κ3) is 4.70. The second kappa shape index (κ2) is 8.72. The van der Waals surface area contributed by atoms with Crippen LogP contribution in [0.3, 0.4) is 0 Å². The van der Waals surface area contributed by atoms with Crippen molar-refractivity contribution in [3.8, 4) is 0 Å². The number of hydrogen-bond donors (Lipinski definition) is 1. The lowest BCUT2D eigenvalue weighted by molar-refractivity contribution is 0.0913. The van der Waals surface area contributed by atoms with Gasteiger partial charge in [-0.1, -0.05) is 18.2 Å². The maximum absolute atomic E-state index is 12.6. The quantitative estimate of drug-likeness (QED) is 0.607. The van der Waals surface area contributed by atoms with Gasteiger partial charge >= 0.3 is 0 Å². The minimum Gasteiger partial charge on any atom is -0.459 e. The number of carbonyl (C=O) groups excluding carboxylic acids is 1. The van der Waals surface area contributed by atoms with Crippen molar-refractivity contribution in [3.63, 3.8) is 0 Å². The third-order valence-electron chi connectivity index (χ3n) is 4.41. The van der Waals surface area contributed by atoms with E-state index >= 15 is 0 Å². The Morgan fingerprint density at radius 2 is 1.93 bits per heavy atom. The van der Waals surface area contributed by atoms with Crippen LogP contribution < -0.4 is 5.32 Å². The normalized spacial score (nSPS) is 12.8. The molecule has 0 fully saturated rings. The van der Waals surface area contributed by atoms with E-state index in [1.165, 1.54) is 24.5 Å². The minimum absolute atomic E-state index is 0.0154. The highest BCUT2D eigenvalue weighted by Crippen LogP contribution is 2.22. The molecule has 6 nitrogen and oxygen atoms in total. The summed E-state index contributed by atoms with van der Waals surface area (Å²) in [5.74, 6) is -0.689. The first kappa shape index (κ1) is 20.3. The second-order valence-corrected chi connectivity index (χ2v) is 9.36. The average Bonchev–Trinajstić information content (AvgIpc) is 3.34. The molecular weight excluding hydrogens is 396 g/mol. The molecule has 2 aromatic heterocycles. The molecule has 0 saturated carbocycles. The fourth-order valence-electron chi connectivity index (χ4n) is 2.90. The van der Waals surface area contributed by atoms with Crippen LogP contribution in [-0.4, -0.2) is 39.9 Å². The summed E-state index contributed by atoms with van der Waals surface area (Å²) in [5, 5.41) is 6.89. The van der Waals surface area contributed by atoms with E-state index in [1.54, 1.807) is 29.5 Å². The second-order valence-electron chi connectivity index (χ2n) is 6.59. The number of benzene rings is 1. The molecule has 1 atom stereocenters. The Labute approximate surface area is 168 Å². The zero-order valence-corrected chi connectivity index (χ0v) is 17.3. The first-order valence-corrected chi connectivity index (χ1v) is 11.3. The van der Waals surface area contributed by atoms with E-state index in [9.17, 15) is 13.2 Å². The molecule has 1 N–H and O–H groups in total. The van der Waals surface area contributed by atoms with Crippen molar-refractivity contribution < 1.29 is 17.6 Å². The van der Waals surface area contributed by atoms with Gasteiger partial charge in [-0.15, -0.1) is 0 Å². The van der Waals surface area contributed by atoms with Gasteiger partial charge in [-0.3, -0.25) is 4.79 Å². The first-order valence-electron chi connectivity index (χ1n) is 8.69. The predicted molar refractivity (Wildman–Crippen MR) is 109 cm³/mol. The molecule has 0 bridgehead atoms. The monoisotopic (exact) mass is 418 g/mol. The predicted octanol–water partition coefficient (Wildman–Crippen LogP) is 3.35. The van der Waals surface area contributed by atoms with E-state index in [-0.39, 0.29) is 22.5 Å². The highest BCUT2D eigenvalue weighted by molar-refractivity contribution is 7.90. The number of sulfone groups is 1. The van der Waals surface area contributed by atoms with E-state index in [1.807, 2.05) is 35.8 Å². The van der Waals surface area contributed by atoms with E-state index < -0.39 is 15.7 Å². The van der Waals surface area contributed by atoms with Crippen molar-refractivity contribution in [1.82, 2.24) is 10.2 Å². The van der Waals surface area contributed by atoms with Gasteiger partial charge in [0.05, 0.1) is 23.0 Å². The summed E-state index contributed by atoms with van der Waals surface area (Å²) in [5.41, 5.74) is 1.46. The van der Waals surface area contributed by atoms with Crippen LogP contribution in [0, 0.1) is 0 Å². The molecule has 1 unspecified atom stereocenters. The standard InChI is InChI=1S/C20H22N2O4S2/c1-22(2)18(15-9-11-27-13-15)12-21-20(23)19-16(8-10-26-19)14-28(24,25)17-6-4-3-5-7-17/h3-11,13,18H,12,14H2,1-2H3,(H,21,23). The van der Waals surface area contributed by atoms with Gasteiger partial charge in [-0.25, -0.2) is 8.42 Å². The summed E-state index contributed by atoms with van der Waals surface area (Å²) >= 11 is 1.60. The molecule has 0 aliphatic carbocycles. The SMILES string of the molecule is CN(C)C(CNC(=O)c1occc1CS(=O)(=O)c1ccccc1)c1ccsc1. The van der Waals surface area contributed by atoms with E-state index in [4.69, 9.17) is 4.42 Å². The van der Waals surface area contributed by atoms with Gasteiger partial charge in [-0.2, -0.15) is 11.3 Å². The molecule has 0 aliphatic rings.